The van der Waals surface area contributed by atoms with Crippen molar-refractivity contribution in [3.8, 4) is 5.69 Å². The van der Waals surface area contributed by atoms with Gasteiger partial charge in [0.1, 0.15) is 0 Å². The van der Waals surface area contributed by atoms with E-state index in [9.17, 15) is 4.79 Å². The summed E-state index contributed by atoms with van der Waals surface area (Å²) < 4.78 is 1.84. The first kappa shape index (κ1) is 16.1. The Hall–Kier alpha value is -1.79. The van der Waals surface area contributed by atoms with Crippen molar-refractivity contribution in [3.63, 3.8) is 0 Å². The molecule has 5 nitrogen and oxygen atoms in total. The molecule has 0 aliphatic carbocycles. The van der Waals surface area contributed by atoms with E-state index in [-0.39, 0.29) is 5.91 Å². The van der Waals surface area contributed by atoms with Gasteiger partial charge in [-0.05, 0) is 12.1 Å². The molecule has 0 bridgehead atoms. The molecule has 1 saturated heterocycles. The SMILES string of the molecule is CN(Cc1cnn(-c2ccccc2)c1)C(=O)CC1CSCCN1. The highest BCUT2D eigenvalue weighted by Gasteiger charge is 2.19. The summed E-state index contributed by atoms with van der Waals surface area (Å²) in [4.78, 5) is 14.1. The molecule has 1 aliphatic heterocycles. The molecular formula is C17H22N4OS. The summed E-state index contributed by atoms with van der Waals surface area (Å²) >= 11 is 1.92. The maximum absolute atomic E-state index is 12.3. The summed E-state index contributed by atoms with van der Waals surface area (Å²) in [6.45, 7) is 1.59. The number of aromatic nitrogens is 2. The maximum Gasteiger partial charge on any atom is 0.224 e. The molecule has 6 heteroatoms. The molecule has 0 radical (unpaired) electrons. The summed E-state index contributed by atoms with van der Waals surface area (Å²) in [5.74, 6) is 2.34. The van der Waals surface area contributed by atoms with Gasteiger partial charge >= 0.3 is 0 Å². The number of hydrogen-bond donors (Lipinski definition) is 1. The Kier molecular flexibility index (Phi) is 5.35. The van der Waals surface area contributed by atoms with Crippen LogP contribution in [0, 0.1) is 0 Å². The molecule has 122 valence electrons. The molecule has 2 heterocycles. The van der Waals surface area contributed by atoms with Crippen LogP contribution in [0.5, 0.6) is 0 Å². The minimum atomic E-state index is 0.178. The molecule has 1 unspecified atom stereocenters. The zero-order valence-corrected chi connectivity index (χ0v) is 14.1. The van der Waals surface area contributed by atoms with Gasteiger partial charge in [-0.1, -0.05) is 18.2 Å². The molecule has 1 N–H and O–H groups in total. The Morgan fingerprint density at radius 1 is 1.43 bits per heavy atom. The Bertz CT molecular complexity index is 637. The summed E-state index contributed by atoms with van der Waals surface area (Å²) in [5.41, 5.74) is 2.06. The molecule has 3 rings (SSSR count). The molecular weight excluding hydrogens is 308 g/mol. The van der Waals surface area contributed by atoms with Gasteiger partial charge in [-0.25, -0.2) is 4.68 Å². The lowest BCUT2D eigenvalue weighted by atomic mass is 10.2. The predicted molar refractivity (Wildman–Crippen MR) is 93.8 cm³/mol. The molecule has 0 saturated carbocycles. The summed E-state index contributed by atoms with van der Waals surface area (Å²) in [6.07, 6.45) is 4.37. The molecule has 1 aromatic carbocycles. The highest BCUT2D eigenvalue weighted by atomic mass is 32.2. The Balaban J connectivity index is 1.56. The lowest BCUT2D eigenvalue weighted by Crippen LogP contribution is -2.41. The van der Waals surface area contributed by atoms with Gasteiger partial charge in [0.15, 0.2) is 0 Å². The molecule has 1 atom stereocenters. The van der Waals surface area contributed by atoms with Crippen LogP contribution >= 0.6 is 11.8 Å². The number of benzene rings is 1. The van der Waals surface area contributed by atoms with E-state index in [0.29, 0.717) is 19.0 Å². The first-order chi connectivity index (χ1) is 11.2. The fourth-order valence-corrected chi connectivity index (χ4v) is 3.59. The molecule has 23 heavy (non-hydrogen) atoms. The minimum absolute atomic E-state index is 0.178. The number of carbonyl (C=O) groups is 1. The van der Waals surface area contributed by atoms with Crippen LogP contribution in [-0.2, 0) is 11.3 Å². The van der Waals surface area contributed by atoms with Crippen molar-refractivity contribution in [1.29, 1.82) is 0 Å². The van der Waals surface area contributed by atoms with Crippen LogP contribution in [-0.4, -0.2) is 51.7 Å². The molecule has 1 fully saturated rings. The van der Waals surface area contributed by atoms with Crippen molar-refractivity contribution >= 4 is 17.7 Å². The van der Waals surface area contributed by atoms with E-state index >= 15 is 0 Å². The highest BCUT2D eigenvalue weighted by molar-refractivity contribution is 7.99. The first-order valence-corrected chi connectivity index (χ1v) is 9.02. The van der Waals surface area contributed by atoms with Crippen molar-refractivity contribution in [1.82, 2.24) is 20.0 Å². The fraction of sp³-hybridized carbons (Fsp3) is 0.412. The highest BCUT2D eigenvalue weighted by Crippen LogP contribution is 2.13. The predicted octanol–water partition coefficient (Wildman–Crippen LogP) is 1.93. The lowest BCUT2D eigenvalue weighted by Gasteiger charge is -2.25. The van der Waals surface area contributed by atoms with Crippen LogP contribution in [0.4, 0.5) is 0 Å². The maximum atomic E-state index is 12.3. The van der Waals surface area contributed by atoms with Gasteiger partial charge < -0.3 is 10.2 Å². The number of para-hydroxylation sites is 1. The fourth-order valence-electron chi connectivity index (χ4n) is 2.64. The van der Waals surface area contributed by atoms with E-state index < -0.39 is 0 Å². The molecule has 0 spiro atoms. The van der Waals surface area contributed by atoms with Gasteiger partial charge in [-0.2, -0.15) is 16.9 Å². The van der Waals surface area contributed by atoms with Gasteiger partial charge in [0.2, 0.25) is 5.91 Å². The first-order valence-electron chi connectivity index (χ1n) is 7.86. The number of nitrogens with one attached hydrogen (secondary N) is 1. The number of nitrogens with zero attached hydrogens (tertiary/aromatic N) is 3. The Labute approximate surface area is 141 Å². The molecule has 1 aromatic heterocycles. The van der Waals surface area contributed by atoms with Crippen LogP contribution in [0.1, 0.15) is 12.0 Å². The second kappa shape index (κ2) is 7.66. The average molecular weight is 330 g/mol. The lowest BCUT2D eigenvalue weighted by molar-refractivity contribution is -0.130. The molecule has 2 aromatic rings. The standard InChI is InChI=1S/C17H22N4OS/c1-20(17(22)9-15-13-23-8-7-18-15)11-14-10-19-21(12-14)16-5-3-2-4-6-16/h2-6,10,12,15,18H,7-9,11,13H2,1H3. The van der Waals surface area contributed by atoms with Gasteiger partial charge in [0.25, 0.3) is 0 Å². The third-order valence-corrected chi connectivity index (χ3v) is 5.05. The third-order valence-electron chi connectivity index (χ3n) is 3.92. The minimum Gasteiger partial charge on any atom is -0.341 e. The Morgan fingerprint density at radius 3 is 3.00 bits per heavy atom. The summed E-state index contributed by atoms with van der Waals surface area (Å²) in [5, 5.41) is 7.79. The largest absolute Gasteiger partial charge is 0.341 e. The van der Waals surface area contributed by atoms with E-state index in [4.69, 9.17) is 0 Å². The Morgan fingerprint density at radius 2 is 2.26 bits per heavy atom. The average Bonchev–Trinajstić information content (AvgIpc) is 3.05. The van der Waals surface area contributed by atoms with E-state index in [0.717, 1.165) is 29.3 Å². The van der Waals surface area contributed by atoms with E-state index in [1.54, 1.807) is 4.90 Å². The number of carbonyl (C=O) groups excluding carboxylic acids is 1. The quantitative estimate of drug-likeness (QED) is 0.910. The van der Waals surface area contributed by atoms with Crippen molar-refractivity contribution in [2.75, 3.05) is 25.1 Å². The normalized spacial score (nSPS) is 17.9. The van der Waals surface area contributed by atoms with Crippen molar-refractivity contribution in [2.45, 2.75) is 19.0 Å². The smallest absolute Gasteiger partial charge is 0.224 e. The van der Waals surface area contributed by atoms with Gasteiger partial charge in [-0.3, -0.25) is 4.79 Å². The molecule has 1 aliphatic rings. The van der Waals surface area contributed by atoms with E-state index in [2.05, 4.69) is 10.4 Å². The van der Waals surface area contributed by atoms with Gasteiger partial charge in [0.05, 0.1) is 11.9 Å². The van der Waals surface area contributed by atoms with Gasteiger partial charge in [0, 0.05) is 55.9 Å². The number of thioether (sulfide) groups is 1. The van der Waals surface area contributed by atoms with Crippen LogP contribution in [0.3, 0.4) is 0 Å². The number of rotatable bonds is 5. The topological polar surface area (TPSA) is 50.2 Å². The number of hydrogen-bond acceptors (Lipinski definition) is 4. The van der Waals surface area contributed by atoms with Crippen molar-refractivity contribution in [3.05, 3.63) is 48.3 Å². The van der Waals surface area contributed by atoms with Crippen LogP contribution in [0.2, 0.25) is 0 Å². The van der Waals surface area contributed by atoms with Crippen molar-refractivity contribution < 1.29 is 4.79 Å². The van der Waals surface area contributed by atoms with Gasteiger partial charge in [-0.15, -0.1) is 0 Å². The third kappa shape index (κ3) is 4.36. The second-order valence-corrected chi connectivity index (χ2v) is 6.96. The number of amides is 1. The van der Waals surface area contributed by atoms with Crippen LogP contribution < -0.4 is 5.32 Å². The van der Waals surface area contributed by atoms with Crippen LogP contribution in [0.15, 0.2) is 42.7 Å². The molecule has 1 amide bonds. The summed E-state index contributed by atoms with van der Waals surface area (Å²) in [6, 6.07) is 10.3. The zero-order chi connectivity index (χ0) is 16.1. The van der Waals surface area contributed by atoms with Crippen molar-refractivity contribution in [2.24, 2.45) is 0 Å². The van der Waals surface area contributed by atoms with E-state index in [1.807, 2.05) is 66.2 Å². The monoisotopic (exact) mass is 330 g/mol. The summed E-state index contributed by atoms with van der Waals surface area (Å²) in [7, 11) is 1.86. The van der Waals surface area contributed by atoms with Crippen LogP contribution in [0.25, 0.3) is 5.69 Å². The zero-order valence-electron chi connectivity index (χ0n) is 13.3. The second-order valence-electron chi connectivity index (χ2n) is 5.81. The van der Waals surface area contributed by atoms with E-state index in [1.165, 1.54) is 0 Å².